The van der Waals surface area contributed by atoms with E-state index in [0.717, 1.165) is 35.5 Å². The molecule has 3 aromatic rings. The van der Waals surface area contributed by atoms with Gasteiger partial charge in [0.1, 0.15) is 11.9 Å². The number of imidazole rings is 1. The Kier molecular flexibility index (Phi) is 6.42. The number of fused-ring (bicyclic) bond motifs is 1. The van der Waals surface area contributed by atoms with E-state index in [2.05, 4.69) is 38.6 Å². The molecule has 1 atom stereocenters. The van der Waals surface area contributed by atoms with E-state index >= 15 is 0 Å². The Labute approximate surface area is 182 Å². The van der Waals surface area contributed by atoms with Crippen LogP contribution in [0.15, 0.2) is 55.1 Å². The number of amides is 1. The smallest absolute Gasteiger partial charge is 0.243 e. The molecule has 1 aliphatic heterocycles. The van der Waals surface area contributed by atoms with E-state index in [1.807, 2.05) is 30.7 Å². The first-order chi connectivity index (χ1) is 15.0. The van der Waals surface area contributed by atoms with Crippen molar-refractivity contribution in [2.75, 3.05) is 13.1 Å². The topological polar surface area (TPSA) is 63.1 Å². The lowest BCUT2D eigenvalue weighted by atomic mass is 10.00. The molecule has 3 heterocycles. The fraction of sp³-hybridized carbons (Fsp3) is 0.375. The summed E-state index contributed by atoms with van der Waals surface area (Å²) in [6.45, 7) is 6.03. The van der Waals surface area contributed by atoms with Crippen LogP contribution in [-0.4, -0.2) is 38.4 Å². The van der Waals surface area contributed by atoms with E-state index in [9.17, 15) is 9.18 Å². The summed E-state index contributed by atoms with van der Waals surface area (Å²) < 4.78 is 15.5. The van der Waals surface area contributed by atoms with Gasteiger partial charge in [-0.25, -0.2) is 9.37 Å². The van der Waals surface area contributed by atoms with Crippen LogP contribution in [0.3, 0.4) is 0 Å². The second kappa shape index (κ2) is 9.39. The van der Waals surface area contributed by atoms with Crippen LogP contribution < -0.4 is 5.32 Å². The summed E-state index contributed by atoms with van der Waals surface area (Å²) in [4.78, 5) is 24.4. The second-order valence-corrected chi connectivity index (χ2v) is 8.23. The number of hydrogen-bond acceptors (Lipinski definition) is 4. The van der Waals surface area contributed by atoms with Crippen molar-refractivity contribution in [1.29, 1.82) is 0 Å². The van der Waals surface area contributed by atoms with E-state index in [1.54, 1.807) is 12.3 Å². The maximum Gasteiger partial charge on any atom is 0.243 e. The van der Waals surface area contributed by atoms with Gasteiger partial charge in [0.05, 0.1) is 17.7 Å². The van der Waals surface area contributed by atoms with Gasteiger partial charge in [0.15, 0.2) is 0 Å². The second-order valence-electron chi connectivity index (χ2n) is 8.23. The number of aromatic nitrogens is 3. The molecule has 0 fully saturated rings. The predicted molar refractivity (Wildman–Crippen MR) is 117 cm³/mol. The molecule has 1 amide bonds. The Bertz CT molecular complexity index is 1030. The molecule has 0 saturated heterocycles. The number of pyridine rings is 1. The highest BCUT2D eigenvalue weighted by atomic mass is 19.1. The molecule has 6 nitrogen and oxygen atoms in total. The quantitative estimate of drug-likeness (QED) is 0.635. The Hall–Kier alpha value is -3.06. The number of rotatable bonds is 7. The molecule has 1 aromatic carbocycles. The molecule has 0 aliphatic carbocycles. The molecule has 31 heavy (non-hydrogen) atoms. The molecular weight excluding hydrogens is 393 g/mol. The number of hydrogen-bond donors (Lipinski definition) is 1. The fourth-order valence-electron chi connectivity index (χ4n) is 4.17. The number of halogens is 1. The van der Waals surface area contributed by atoms with Gasteiger partial charge in [0, 0.05) is 44.5 Å². The maximum atomic E-state index is 13.4. The lowest BCUT2D eigenvalue weighted by Crippen LogP contribution is -2.45. The van der Waals surface area contributed by atoms with Crippen LogP contribution in [0.4, 0.5) is 4.39 Å². The van der Waals surface area contributed by atoms with Crippen molar-refractivity contribution < 1.29 is 9.18 Å². The molecule has 0 radical (unpaired) electrons. The third-order valence-electron chi connectivity index (χ3n) is 5.69. The van der Waals surface area contributed by atoms with Crippen molar-refractivity contribution in [2.45, 2.75) is 45.3 Å². The van der Waals surface area contributed by atoms with Crippen LogP contribution in [0.2, 0.25) is 0 Å². The number of carbonyl (C=O) groups is 1. The lowest BCUT2D eigenvalue weighted by Gasteiger charge is -2.35. The first-order valence-corrected chi connectivity index (χ1v) is 10.7. The van der Waals surface area contributed by atoms with Gasteiger partial charge in [-0.1, -0.05) is 18.2 Å². The number of nitrogens with one attached hydrogen (secondary N) is 1. The van der Waals surface area contributed by atoms with E-state index in [1.165, 1.54) is 12.1 Å². The zero-order chi connectivity index (χ0) is 21.8. The van der Waals surface area contributed by atoms with Crippen molar-refractivity contribution in [1.82, 2.24) is 24.8 Å². The Morgan fingerprint density at radius 3 is 2.84 bits per heavy atom. The normalized spacial score (nSPS) is 16.3. The summed E-state index contributed by atoms with van der Waals surface area (Å²) in [5.41, 5.74) is 3.89. The van der Waals surface area contributed by atoms with Crippen molar-refractivity contribution >= 4 is 5.91 Å². The van der Waals surface area contributed by atoms with Crippen LogP contribution in [0.5, 0.6) is 0 Å². The summed E-state index contributed by atoms with van der Waals surface area (Å²) in [6.07, 6.45) is 6.82. The summed E-state index contributed by atoms with van der Waals surface area (Å²) in [7, 11) is 0. The molecule has 0 spiro atoms. The van der Waals surface area contributed by atoms with Crippen molar-refractivity contribution in [3.05, 3.63) is 83.5 Å². The third-order valence-corrected chi connectivity index (χ3v) is 5.69. The molecule has 1 N–H and O–H groups in total. The number of nitrogens with zero attached hydrogens (tertiary/aromatic N) is 4. The van der Waals surface area contributed by atoms with Crippen molar-refractivity contribution in [3.8, 4) is 0 Å². The molecule has 0 bridgehead atoms. The largest absolute Gasteiger partial charge is 0.354 e. The summed E-state index contributed by atoms with van der Waals surface area (Å²) in [5, 5.41) is 3.07. The number of benzene rings is 1. The van der Waals surface area contributed by atoms with Gasteiger partial charge in [-0.05, 0) is 49.6 Å². The fourth-order valence-corrected chi connectivity index (χ4v) is 4.17. The Balaban J connectivity index is 1.55. The van der Waals surface area contributed by atoms with Gasteiger partial charge < -0.3 is 9.88 Å². The SMILES string of the molecule is CC(C)n1cnc2c1[C@@H](C(=O)NCCc1cccc(F)c1)N(Cc1cccnc1)CC2. The molecule has 0 unspecified atom stereocenters. The monoisotopic (exact) mass is 421 g/mol. The molecule has 0 saturated carbocycles. The van der Waals surface area contributed by atoms with Crippen molar-refractivity contribution in [2.24, 2.45) is 0 Å². The predicted octanol–water partition coefficient (Wildman–Crippen LogP) is 3.46. The Morgan fingerprint density at radius 2 is 2.10 bits per heavy atom. The van der Waals surface area contributed by atoms with Gasteiger partial charge in [0.2, 0.25) is 5.91 Å². The summed E-state index contributed by atoms with van der Waals surface area (Å²) in [6, 6.07) is 10.2. The van der Waals surface area contributed by atoms with Crippen LogP contribution in [-0.2, 0) is 24.2 Å². The van der Waals surface area contributed by atoms with Gasteiger partial charge in [-0.3, -0.25) is 14.7 Å². The van der Waals surface area contributed by atoms with E-state index < -0.39 is 6.04 Å². The van der Waals surface area contributed by atoms with Gasteiger partial charge in [-0.2, -0.15) is 0 Å². The average Bonchev–Trinajstić information content (AvgIpc) is 3.19. The van der Waals surface area contributed by atoms with Crippen LogP contribution in [0.1, 0.15) is 48.4 Å². The van der Waals surface area contributed by atoms with Crippen LogP contribution in [0, 0.1) is 5.82 Å². The first kappa shape index (κ1) is 21.2. The zero-order valence-corrected chi connectivity index (χ0v) is 18.0. The van der Waals surface area contributed by atoms with Crippen molar-refractivity contribution in [3.63, 3.8) is 0 Å². The van der Waals surface area contributed by atoms with Crippen LogP contribution in [0.25, 0.3) is 0 Å². The highest BCUT2D eigenvalue weighted by Gasteiger charge is 2.36. The molecule has 1 aliphatic rings. The van der Waals surface area contributed by atoms with Crippen LogP contribution >= 0.6 is 0 Å². The highest BCUT2D eigenvalue weighted by molar-refractivity contribution is 5.83. The summed E-state index contributed by atoms with van der Waals surface area (Å²) >= 11 is 0. The van der Waals surface area contributed by atoms with Gasteiger partial charge >= 0.3 is 0 Å². The van der Waals surface area contributed by atoms with E-state index in [4.69, 9.17) is 0 Å². The summed E-state index contributed by atoms with van der Waals surface area (Å²) in [5.74, 6) is -0.312. The minimum Gasteiger partial charge on any atom is -0.354 e. The standard InChI is InChI=1S/C24H28FN5O/c1-17(2)30-16-28-21-9-12-29(15-19-6-4-10-26-14-19)23(22(21)30)24(31)27-11-8-18-5-3-7-20(25)13-18/h3-7,10,13-14,16-17,23H,8-9,11-12,15H2,1-2H3,(H,27,31)/t23-/m0/s1. The minimum absolute atomic E-state index is 0.0522. The van der Waals surface area contributed by atoms with E-state index in [-0.39, 0.29) is 17.8 Å². The average molecular weight is 422 g/mol. The maximum absolute atomic E-state index is 13.4. The Morgan fingerprint density at radius 1 is 1.26 bits per heavy atom. The van der Waals surface area contributed by atoms with Gasteiger partial charge in [-0.15, -0.1) is 0 Å². The first-order valence-electron chi connectivity index (χ1n) is 10.7. The minimum atomic E-state index is -0.429. The van der Waals surface area contributed by atoms with E-state index in [0.29, 0.717) is 19.5 Å². The number of carbonyl (C=O) groups excluding carboxylic acids is 1. The zero-order valence-electron chi connectivity index (χ0n) is 18.0. The molecule has 7 heteroatoms. The molecule has 4 rings (SSSR count). The van der Waals surface area contributed by atoms with Gasteiger partial charge in [0.25, 0.3) is 0 Å². The molecular formula is C24H28FN5O. The third kappa shape index (κ3) is 4.82. The lowest BCUT2D eigenvalue weighted by molar-refractivity contribution is -0.127. The molecule has 2 aromatic heterocycles. The highest BCUT2D eigenvalue weighted by Crippen LogP contribution is 2.32. The molecule has 162 valence electrons.